The Hall–Kier alpha value is -2.27. The Kier molecular flexibility index (Phi) is 2.31. The normalized spacial score (nSPS) is 10.9. The molecule has 0 aliphatic carbocycles. The molecule has 5 nitrogen and oxygen atoms in total. The van der Waals surface area contributed by atoms with Crippen molar-refractivity contribution >= 4 is 10.8 Å². The summed E-state index contributed by atoms with van der Waals surface area (Å²) in [6.45, 7) is 0.392. The van der Waals surface area contributed by atoms with E-state index in [1.165, 1.54) is 0 Å². The molecule has 0 saturated carbocycles. The Balaban J connectivity index is 2.23. The van der Waals surface area contributed by atoms with Gasteiger partial charge in [0.1, 0.15) is 0 Å². The maximum atomic E-state index is 5.53. The van der Waals surface area contributed by atoms with Crippen LogP contribution in [0.15, 0.2) is 42.9 Å². The highest BCUT2D eigenvalue weighted by molar-refractivity contribution is 5.89. The minimum absolute atomic E-state index is 0.392. The highest BCUT2D eigenvalue weighted by Gasteiger charge is 2.05. The van der Waals surface area contributed by atoms with Crippen molar-refractivity contribution in [1.29, 1.82) is 0 Å². The molecule has 17 heavy (non-hydrogen) atoms. The average Bonchev–Trinajstić information content (AvgIpc) is 2.87. The molecule has 2 heterocycles. The van der Waals surface area contributed by atoms with Crippen molar-refractivity contribution < 1.29 is 0 Å². The van der Waals surface area contributed by atoms with Gasteiger partial charge in [-0.1, -0.05) is 17.3 Å². The van der Waals surface area contributed by atoms with Crippen LogP contribution in [0.25, 0.3) is 16.5 Å². The van der Waals surface area contributed by atoms with Crippen molar-refractivity contribution in [3.63, 3.8) is 0 Å². The van der Waals surface area contributed by atoms with Gasteiger partial charge in [-0.25, -0.2) is 4.68 Å². The van der Waals surface area contributed by atoms with Crippen LogP contribution in [0.4, 0.5) is 0 Å². The van der Waals surface area contributed by atoms with Crippen LogP contribution in [0.5, 0.6) is 0 Å². The number of fused-ring (bicyclic) bond motifs is 1. The Morgan fingerprint density at radius 3 is 3.00 bits per heavy atom. The Labute approximate surface area is 97.9 Å². The summed E-state index contributed by atoms with van der Waals surface area (Å²) in [6, 6.07) is 7.99. The molecule has 84 valence electrons. The molecule has 0 saturated heterocycles. The third-order valence-electron chi connectivity index (χ3n) is 2.66. The predicted octanol–water partition coefficient (Wildman–Crippen LogP) is 1.27. The van der Waals surface area contributed by atoms with Gasteiger partial charge in [-0.05, 0) is 17.5 Å². The van der Waals surface area contributed by atoms with Crippen molar-refractivity contribution in [3.05, 3.63) is 48.5 Å². The van der Waals surface area contributed by atoms with Crippen LogP contribution < -0.4 is 5.73 Å². The second-order valence-electron chi connectivity index (χ2n) is 3.73. The first-order valence-electron chi connectivity index (χ1n) is 5.33. The van der Waals surface area contributed by atoms with Crippen molar-refractivity contribution in [3.8, 4) is 5.69 Å². The molecule has 0 unspecified atom stereocenters. The summed E-state index contributed by atoms with van der Waals surface area (Å²) < 4.78 is 1.73. The maximum absolute atomic E-state index is 5.53. The van der Waals surface area contributed by atoms with Crippen LogP contribution >= 0.6 is 0 Å². The molecule has 5 heteroatoms. The molecular formula is C12H11N5. The zero-order chi connectivity index (χ0) is 11.7. The van der Waals surface area contributed by atoms with Gasteiger partial charge in [0.05, 0.1) is 17.6 Å². The van der Waals surface area contributed by atoms with E-state index in [-0.39, 0.29) is 0 Å². The number of pyridine rings is 1. The lowest BCUT2D eigenvalue weighted by Crippen LogP contribution is -1.96. The SMILES string of the molecule is NCc1cn(-c2cccc3ccncc23)nn1. The Morgan fingerprint density at radius 2 is 2.18 bits per heavy atom. The molecule has 3 aromatic rings. The quantitative estimate of drug-likeness (QED) is 0.713. The van der Waals surface area contributed by atoms with Crippen LogP contribution in [-0.4, -0.2) is 20.0 Å². The second kappa shape index (κ2) is 3.95. The topological polar surface area (TPSA) is 69.6 Å². The number of hydrogen-bond donors (Lipinski definition) is 1. The van der Waals surface area contributed by atoms with Gasteiger partial charge >= 0.3 is 0 Å². The van der Waals surface area contributed by atoms with Gasteiger partial charge in [0, 0.05) is 24.3 Å². The molecule has 2 aromatic heterocycles. The summed E-state index contributed by atoms with van der Waals surface area (Å²) in [7, 11) is 0. The standard InChI is InChI=1S/C12H11N5/c13-6-10-8-17(16-15-10)12-3-1-2-9-4-5-14-7-11(9)12/h1-5,7-8H,6,13H2. The molecule has 0 aliphatic heterocycles. The molecule has 0 aliphatic rings. The summed E-state index contributed by atoms with van der Waals surface area (Å²) in [5.41, 5.74) is 7.26. The second-order valence-corrected chi connectivity index (χ2v) is 3.73. The molecule has 2 N–H and O–H groups in total. The van der Waals surface area contributed by atoms with Gasteiger partial charge < -0.3 is 5.73 Å². The van der Waals surface area contributed by atoms with Gasteiger partial charge in [0.2, 0.25) is 0 Å². The monoisotopic (exact) mass is 225 g/mol. The predicted molar refractivity (Wildman–Crippen MR) is 64.6 cm³/mol. The average molecular weight is 225 g/mol. The van der Waals surface area contributed by atoms with E-state index in [4.69, 9.17) is 5.73 Å². The third-order valence-corrected chi connectivity index (χ3v) is 2.66. The van der Waals surface area contributed by atoms with Crippen molar-refractivity contribution in [2.45, 2.75) is 6.54 Å². The van der Waals surface area contributed by atoms with E-state index in [2.05, 4.69) is 15.3 Å². The highest BCUT2D eigenvalue weighted by atomic mass is 15.4. The fourth-order valence-electron chi connectivity index (χ4n) is 1.81. The molecule has 0 bridgehead atoms. The fraction of sp³-hybridized carbons (Fsp3) is 0.0833. The Bertz CT molecular complexity index is 653. The van der Waals surface area contributed by atoms with Crippen molar-refractivity contribution in [2.75, 3.05) is 0 Å². The van der Waals surface area contributed by atoms with Crippen LogP contribution in [0.1, 0.15) is 5.69 Å². The fourth-order valence-corrected chi connectivity index (χ4v) is 1.81. The van der Waals surface area contributed by atoms with Crippen molar-refractivity contribution in [1.82, 2.24) is 20.0 Å². The number of nitrogens with two attached hydrogens (primary N) is 1. The maximum Gasteiger partial charge on any atom is 0.0967 e. The van der Waals surface area contributed by atoms with Crippen LogP contribution in [0.3, 0.4) is 0 Å². The summed E-state index contributed by atoms with van der Waals surface area (Å²) in [5.74, 6) is 0. The van der Waals surface area contributed by atoms with Crippen molar-refractivity contribution in [2.24, 2.45) is 5.73 Å². The third kappa shape index (κ3) is 1.66. The lowest BCUT2D eigenvalue weighted by Gasteiger charge is -2.04. The van der Waals surface area contributed by atoms with E-state index in [0.717, 1.165) is 22.2 Å². The molecule has 0 spiro atoms. The first kappa shape index (κ1) is 9.92. The first-order chi connectivity index (χ1) is 8.38. The van der Waals surface area contributed by atoms with Crippen LogP contribution in [0.2, 0.25) is 0 Å². The summed E-state index contributed by atoms with van der Waals surface area (Å²) >= 11 is 0. The lowest BCUT2D eigenvalue weighted by atomic mass is 10.1. The van der Waals surface area contributed by atoms with E-state index in [0.29, 0.717) is 6.54 Å². The van der Waals surface area contributed by atoms with Gasteiger partial charge in [0.25, 0.3) is 0 Å². The van der Waals surface area contributed by atoms with Gasteiger partial charge in [-0.3, -0.25) is 4.98 Å². The smallest absolute Gasteiger partial charge is 0.0967 e. The van der Waals surface area contributed by atoms with E-state index in [9.17, 15) is 0 Å². The van der Waals surface area contributed by atoms with E-state index in [1.807, 2.05) is 36.7 Å². The molecule has 0 radical (unpaired) electrons. The minimum Gasteiger partial charge on any atom is -0.325 e. The molecule has 0 amide bonds. The largest absolute Gasteiger partial charge is 0.325 e. The number of rotatable bonds is 2. The van der Waals surface area contributed by atoms with Gasteiger partial charge in [-0.2, -0.15) is 0 Å². The molecule has 0 fully saturated rings. The molecule has 1 aromatic carbocycles. The van der Waals surface area contributed by atoms with Gasteiger partial charge in [-0.15, -0.1) is 5.10 Å². The highest BCUT2D eigenvalue weighted by Crippen LogP contribution is 2.20. The molecular weight excluding hydrogens is 214 g/mol. The lowest BCUT2D eigenvalue weighted by molar-refractivity contribution is 0.801. The van der Waals surface area contributed by atoms with E-state index >= 15 is 0 Å². The van der Waals surface area contributed by atoms with Crippen LogP contribution in [-0.2, 0) is 6.54 Å². The Morgan fingerprint density at radius 1 is 1.24 bits per heavy atom. The summed E-state index contributed by atoms with van der Waals surface area (Å²) in [4.78, 5) is 4.14. The zero-order valence-corrected chi connectivity index (χ0v) is 9.11. The van der Waals surface area contributed by atoms with E-state index < -0.39 is 0 Å². The summed E-state index contributed by atoms with van der Waals surface area (Å²) in [5, 5.41) is 10.2. The molecule has 3 rings (SSSR count). The number of hydrogen-bond acceptors (Lipinski definition) is 4. The minimum atomic E-state index is 0.392. The van der Waals surface area contributed by atoms with E-state index in [1.54, 1.807) is 10.9 Å². The van der Waals surface area contributed by atoms with Gasteiger partial charge in [0.15, 0.2) is 0 Å². The van der Waals surface area contributed by atoms with Crippen LogP contribution in [0, 0.1) is 0 Å². The number of aromatic nitrogens is 4. The first-order valence-corrected chi connectivity index (χ1v) is 5.33. The summed E-state index contributed by atoms with van der Waals surface area (Å²) in [6.07, 6.45) is 5.44. The number of nitrogens with zero attached hydrogens (tertiary/aromatic N) is 4. The number of benzene rings is 1. The zero-order valence-electron chi connectivity index (χ0n) is 9.11. The molecule has 0 atom stereocenters.